The van der Waals surface area contributed by atoms with Crippen molar-refractivity contribution in [2.24, 2.45) is 10.7 Å². The average Bonchev–Trinajstić information content (AvgIpc) is 2.74. The normalized spacial score (nSPS) is 15.7. The molecule has 32 heavy (non-hydrogen) atoms. The van der Waals surface area contributed by atoms with Crippen LogP contribution in [-0.4, -0.2) is 26.7 Å². The summed E-state index contributed by atoms with van der Waals surface area (Å²) >= 11 is 0. The number of alkyl halides is 3. The van der Waals surface area contributed by atoms with E-state index in [1.807, 2.05) is 0 Å². The third-order valence-corrected chi connectivity index (χ3v) is 4.88. The van der Waals surface area contributed by atoms with E-state index in [-0.39, 0.29) is 29.2 Å². The van der Waals surface area contributed by atoms with E-state index in [1.165, 1.54) is 12.1 Å². The third kappa shape index (κ3) is 4.27. The van der Waals surface area contributed by atoms with Crippen molar-refractivity contribution < 1.29 is 22.4 Å². The lowest BCUT2D eigenvalue weighted by Gasteiger charge is -2.22. The molecule has 1 aliphatic rings. The maximum atomic E-state index is 14.6. The van der Waals surface area contributed by atoms with Crippen molar-refractivity contribution in [3.8, 4) is 0 Å². The maximum absolute atomic E-state index is 14.6. The van der Waals surface area contributed by atoms with Crippen LogP contribution in [-0.2, 0) is 12.6 Å². The number of fused-ring (bicyclic) bond motifs is 1. The summed E-state index contributed by atoms with van der Waals surface area (Å²) < 4.78 is 52.6. The first-order valence-electron chi connectivity index (χ1n) is 9.42. The molecule has 3 heterocycles. The number of carbonyl (C=O) groups is 1. The molecule has 0 radical (unpaired) electrons. The Morgan fingerprint density at radius 2 is 1.94 bits per heavy atom. The van der Waals surface area contributed by atoms with E-state index >= 15 is 0 Å². The number of rotatable bonds is 3. The van der Waals surface area contributed by atoms with Crippen LogP contribution >= 0.6 is 0 Å². The van der Waals surface area contributed by atoms with Gasteiger partial charge in [0, 0.05) is 30.1 Å². The zero-order valence-electron chi connectivity index (χ0n) is 16.6. The second-order valence-electron chi connectivity index (χ2n) is 7.13. The molecule has 1 atom stereocenters. The van der Waals surface area contributed by atoms with Crippen LogP contribution in [0.3, 0.4) is 0 Å². The van der Waals surface area contributed by atoms with Crippen molar-refractivity contribution in [2.75, 3.05) is 5.32 Å². The van der Waals surface area contributed by atoms with Gasteiger partial charge < -0.3 is 11.1 Å². The summed E-state index contributed by atoms with van der Waals surface area (Å²) in [5.41, 5.74) is 6.46. The highest BCUT2D eigenvalue weighted by Gasteiger charge is 2.31. The number of anilines is 1. The van der Waals surface area contributed by atoms with Crippen molar-refractivity contribution in [3.63, 3.8) is 0 Å². The van der Waals surface area contributed by atoms with Gasteiger partial charge >= 0.3 is 6.18 Å². The second-order valence-corrected chi connectivity index (χ2v) is 7.13. The number of aryl methyl sites for hydroxylation is 1. The minimum absolute atomic E-state index is 0.180. The van der Waals surface area contributed by atoms with Gasteiger partial charge in [0.2, 0.25) is 0 Å². The summed E-state index contributed by atoms with van der Waals surface area (Å²) in [4.78, 5) is 28.7. The first kappa shape index (κ1) is 21.3. The fourth-order valence-electron chi connectivity index (χ4n) is 3.30. The molecule has 2 aromatic heterocycles. The van der Waals surface area contributed by atoms with E-state index in [0.717, 1.165) is 18.2 Å². The molecule has 3 aromatic rings. The fraction of sp³-hybridized carbons (Fsp3) is 0.190. The maximum Gasteiger partial charge on any atom is 0.417 e. The smallest absolute Gasteiger partial charge is 0.383 e. The molecular weight excluding hydrogens is 428 g/mol. The van der Waals surface area contributed by atoms with Crippen molar-refractivity contribution >= 4 is 17.4 Å². The topological polar surface area (TPSA) is 106 Å². The van der Waals surface area contributed by atoms with Gasteiger partial charge in [0.05, 0.1) is 22.9 Å². The zero-order chi connectivity index (χ0) is 23.0. The number of aromatic nitrogens is 3. The lowest BCUT2D eigenvalue weighted by molar-refractivity contribution is -0.137. The Bertz CT molecular complexity index is 1220. The number of hydrogen-bond donors (Lipinski definition) is 2. The molecule has 3 N–H and O–H groups in total. The van der Waals surface area contributed by atoms with Gasteiger partial charge in [0.1, 0.15) is 23.2 Å². The highest BCUT2D eigenvalue weighted by Crippen LogP contribution is 2.31. The van der Waals surface area contributed by atoms with Gasteiger partial charge in [-0.25, -0.2) is 14.4 Å². The third-order valence-electron chi connectivity index (χ3n) is 4.88. The van der Waals surface area contributed by atoms with E-state index in [4.69, 9.17) is 5.73 Å². The van der Waals surface area contributed by atoms with Crippen LogP contribution in [0.25, 0.3) is 0 Å². The first-order chi connectivity index (χ1) is 15.1. The number of halogens is 4. The molecule has 11 heteroatoms. The Labute approximate surface area is 179 Å². The zero-order valence-corrected chi connectivity index (χ0v) is 16.6. The van der Waals surface area contributed by atoms with Gasteiger partial charge in [0.15, 0.2) is 0 Å². The Morgan fingerprint density at radius 3 is 2.62 bits per heavy atom. The predicted molar refractivity (Wildman–Crippen MR) is 108 cm³/mol. The molecule has 0 saturated heterocycles. The van der Waals surface area contributed by atoms with Crippen LogP contribution in [0.15, 0.2) is 47.7 Å². The number of hydrogen-bond acceptors (Lipinski definition) is 6. The summed E-state index contributed by atoms with van der Waals surface area (Å²) in [6.45, 7) is 1.73. The molecule has 1 unspecified atom stereocenters. The van der Waals surface area contributed by atoms with Crippen LogP contribution in [0.5, 0.6) is 0 Å². The quantitative estimate of drug-likeness (QED) is 0.601. The van der Waals surface area contributed by atoms with E-state index in [0.29, 0.717) is 23.3 Å². The van der Waals surface area contributed by atoms with E-state index in [9.17, 15) is 22.4 Å². The number of pyridine rings is 1. The van der Waals surface area contributed by atoms with Crippen LogP contribution in [0.1, 0.15) is 44.7 Å². The van der Waals surface area contributed by atoms with Crippen molar-refractivity contribution in [1.29, 1.82) is 0 Å². The Kier molecular flexibility index (Phi) is 5.33. The van der Waals surface area contributed by atoms with Crippen LogP contribution < -0.4 is 11.1 Å². The molecular formula is C21H16F4N6O. The number of carbonyl (C=O) groups excluding carboxylic acids is 1. The predicted octanol–water partition coefficient (Wildman–Crippen LogP) is 3.59. The largest absolute Gasteiger partial charge is 0.417 e. The van der Waals surface area contributed by atoms with Crippen molar-refractivity contribution in [1.82, 2.24) is 15.0 Å². The molecule has 0 fully saturated rings. The van der Waals surface area contributed by atoms with E-state index in [1.54, 1.807) is 13.1 Å². The van der Waals surface area contributed by atoms with Gasteiger partial charge in [0.25, 0.3) is 5.91 Å². The highest BCUT2D eigenvalue weighted by atomic mass is 19.4. The number of benzene rings is 1. The molecule has 164 valence electrons. The van der Waals surface area contributed by atoms with Gasteiger partial charge in [-0.05, 0) is 37.3 Å². The van der Waals surface area contributed by atoms with Gasteiger partial charge in [-0.3, -0.25) is 14.8 Å². The summed E-state index contributed by atoms with van der Waals surface area (Å²) in [7, 11) is 0. The number of nitrogens with two attached hydrogens (primary N) is 1. The Hall–Kier alpha value is -3.89. The second kappa shape index (κ2) is 7.98. The molecule has 1 aliphatic heterocycles. The minimum Gasteiger partial charge on any atom is -0.383 e. The molecule has 0 bridgehead atoms. The Morgan fingerprint density at radius 1 is 1.16 bits per heavy atom. The summed E-state index contributed by atoms with van der Waals surface area (Å²) in [5, 5.41) is 2.51. The SMILES string of the molecule is Cc1ncc2c(n1)CC(c1cc(NC(=O)c3ccc(C(F)(F)F)cn3)ccc1F)N=C2N. The highest BCUT2D eigenvalue weighted by molar-refractivity contribution is 6.03. The molecule has 1 aromatic carbocycles. The standard InChI is InChI=1S/C21H16F4N6O/c1-10-27-9-14-18(29-10)7-17(31-19(14)26)13-6-12(3-4-15(13)22)30-20(32)16-5-2-11(8-28-16)21(23,24)25/h2-6,8-9,17H,7H2,1H3,(H2,26,31)(H,30,32). The number of amides is 1. The fourth-order valence-corrected chi connectivity index (χ4v) is 3.30. The summed E-state index contributed by atoms with van der Waals surface area (Å²) in [6, 6.07) is 4.96. The molecule has 7 nitrogen and oxygen atoms in total. The number of nitrogens with zero attached hydrogens (tertiary/aromatic N) is 4. The number of amidine groups is 1. The van der Waals surface area contributed by atoms with Crippen LogP contribution in [0, 0.1) is 12.7 Å². The molecule has 0 spiro atoms. The number of nitrogens with one attached hydrogen (secondary N) is 1. The van der Waals surface area contributed by atoms with Crippen LogP contribution in [0.2, 0.25) is 0 Å². The average molecular weight is 444 g/mol. The Balaban J connectivity index is 1.57. The monoisotopic (exact) mass is 444 g/mol. The van der Waals surface area contributed by atoms with E-state index in [2.05, 4.69) is 25.3 Å². The molecule has 4 rings (SSSR count). The first-order valence-corrected chi connectivity index (χ1v) is 9.42. The van der Waals surface area contributed by atoms with Gasteiger partial charge in [-0.1, -0.05) is 0 Å². The van der Waals surface area contributed by atoms with E-state index < -0.39 is 29.5 Å². The molecule has 0 aliphatic carbocycles. The van der Waals surface area contributed by atoms with Crippen LogP contribution in [0.4, 0.5) is 23.2 Å². The van der Waals surface area contributed by atoms with Crippen molar-refractivity contribution in [2.45, 2.75) is 25.6 Å². The van der Waals surface area contributed by atoms with Crippen molar-refractivity contribution in [3.05, 3.63) is 82.4 Å². The molecule has 1 amide bonds. The van der Waals surface area contributed by atoms with Gasteiger partial charge in [-0.2, -0.15) is 13.2 Å². The lowest BCUT2D eigenvalue weighted by Crippen LogP contribution is -2.25. The lowest BCUT2D eigenvalue weighted by atomic mass is 9.96. The van der Waals surface area contributed by atoms with Gasteiger partial charge in [-0.15, -0.1) is 0 Å². The minimum atomic E-state index is -4.56. The summed E-state index contributed by atoms with van der Waals surface area (Å²) in [5.74, 6) is -0.565. The number of aliphatic imine (C=N–C) groups is 1. The summed E-state index contributed by atoms with van der Waals surface area (Å²) in [6.07, 6.45) is -2.13. The molecule has 0 saturated carbocycles.